The van der Waals surface area contributed by atoms with Crippen LogP contribution in [0.1, 0.15) is 5.56 Å². The van der Waals surface area contributed by atoms with Gasteiger partial charge in [-0.25, -0.2) is 9.64 Å². The Labute approximate surface area is 98.7 Å². The highest BCUT2D eigenvalue weighted by molar-refractivity contribution is 5.86. The highest BCUT2D eigenvalue weighted by Crippen LogP contribution is 2.38. The van der Waals surface area contributed by atoms with Gasteiger partial charge in [0.2, 0.25) is 0 Å². The summed E-state index contributed by atoms with van der Waals surface area (Å²) in [7, 11) is 2.88. The molecule has 0 saturated carbocycles. The second kappa shape index (κ2) is 5.56. The third-order valence-corrected chi connectivity index (χ3v) is 2.03. The number of ether oxygens (including phenoxy) is 2. The monoisotopic (exact) mass is 232 g/mol. The zero-order chi connectivity index (χ0) is 12.8. The third kappa shape index (κ3) is 2.98. The molecule has 5 nitrogen and oxygen atoms in total. The van der Waals surface area contributed by atoms with Crippen LogP contribution in [0, 0.1) is 6.57 Å². The van der Waals surface area contributed by atoms with Crippen molar-refractivity contribution in [3.63, 3.8) is 0 Å². The molecule has 0 fully saturated rings. The first-order valence-electron chi connectivity index (χ1n) is 4.67. The number of carbonyl (C=O) groups is 1. The Morgan fingerprint density at radius 1 is 1.35 bits per heavy atom. The van der Waals surface area contributed by atoms with Gasteiger partial charge in [-0.15, -0.1) is 0 Å². The second-order valence-electron chi connectivity index (χ2n) is 3.06. The molecule has 0 aromatic heterocycles. The summed E-state index contributed by atoms with van der Waals surface area (Å²) in [6.07, 6.45) is 2.41. The number of hydrogen-bond donors (Lipinski definition) is 1. The largest absolute Gasteiger partial charge is 0.508 e. The van der Waals surface area contributed by atoms with Crippen LogP contribution < -0.4 is 9.47 Å². The average Bonchev–Trinajstić information content (AvgIpc) is 2.34. The molecule has 5 heteroatoms. The third-order valence-electron chi connectivity index (χ3n) is 2.03. The van der Waals surface area contributed by atoms with E-state index in [4.69, 9.17) is 21.2 Å². The van der Waals surface area contributed by atoms with Crippen LogP contribution in [0.4, 0.5) is 5.69 Å². The summed E-state index contributed by atoms with van der Waals surface area (Å²) in [5.41, 5.74) is 0.857. The molecule has 0 aliphatic heterocycles. The van der Waals surface area contributed by atoms with Crippen LogP contribution in [0.5, 0.6) is 11.5 Å². The maximum Gasteiger partial charge on any atom is 0.328 e. The lowest BCUT2D eigenvalue weighted by Gasteiger charge is -2.09. The fourth-order valence-electron chi connectivity index (χ4n) is 1.29. The number of aliphatic carboxylic acids is 1. The van der Waals surface area contributed by atoms with Gasteiger partial charge in [-0.05, 0) is 23.8 Å². The molecule has 0 bridgehead atoms. The highest BCUT2D eigenvalue weighted by atomic mass is 16.5. The first kappa shape index (κ1) is 12.6. The Morgan fingerprint density at radius 2 is 1.88 bits per heavy atom. The molecule has 0 unspecified atom stereocenters. The summed E-state index contributed by atoms with van der Waals surface area (Å²) in [5, 5.41) is 8.53. The van der Waals surface area contributed by atoms with Gasteiger partial charge in [-0.2, -0.15) is 0 Å². The predicted molar refractivity (Wildman–Crippen MR) is 62.5 cm³/mol. The molecular weight excluding hydrogens is 221 g/mol. The first-order valence-corrected chi connectivity index (χ1v) is 4.67. The van der Waals surface area contributed by atoms with Crippen molar-refractivity contribution in [2.24, 2.45) is 0 Å². The normalized spacial score (nSPS) is 9.94. The molecule has 0 amide bonds. The molecule has 1 rings (SSSR count). The Bertz CT molecular complexity index is 475. The Balaban J connectivity index is 3.28. The summed E-state index contributed by atoms with van der Waals surface area (Å²) < 4.78 is 10.1. The molecule has 1 aromatic rings. The van der Waals surface area contributed by atoms with Gasteiger partial charge in [0.1, 0.15) is 11.5 Å². The van der Waals surface area contributed by atoms with Crippen LogP contribution in [-0.2, 0) is 4.79 Å². The summed E-state index contributed by atoms with van der Waals surface area (Å²) in [5.74, 6) is -0.342. The van der Waals surface area contributed by atoms with Gasteiger partial charge in [0.05, 0.1) is 20.8 Å². The van der Waals surface area contributed by atoms with E-state index in [1.165, 1.54) is 20.3 Å². The SMILES string of the molecule is COc1cc(/C=C/C(=O)O)cc(OC)c1[N+]#[11C-]. The van der Waals surface area contributed by atoms with Gasteiger partial charge in [0.15, 0.2) is 0 Å². The molecule has 0 aliphatic rings. The Morgan fingerprint density at radius 3 is 2.24 bits per heavy atom. The maximum absolute atomic E-state index is 10.4. The molecule has 0 heterocycles. The van der Waals surface area contributed by atoms with Crippen molar-refractivity contribution in [1.82, 2.24) is 0 Å². The van der Waals surface area contributed by atoms with E-state index in [9.17, 15) is 4.79 Å². The van der Waals surface area contributed by atoms with E-state index in [-0.39, 0.29) is 5.69 Å². The topological polar surface area (TPSA) is 60.1 Å². The Hall–Kier alpha value is -2.48. The predicted octanol–water partition coefficient (Wildman–Crippen LogP) is 2.35. The quantitative estimate of drug-likeness (QED) is 0.639. The van der Waals surface area contributed by atoms with E-state index in [0.29, 0.717) is 17.1 Å². The minimum atomic E-state index is -1.04. The zero-order valence-corrected chi connectivity index (χ0v) is 9.43. The fourth-order valence-corrected chi connectivity index (χ4v) is 1.29. The van der Waals surface area contributed by atoms with E-state index in [1.54, 1.807) is 12.1 Å². The van der Waals surface area contributed by atoms with Crippen LogP contribution in [0.3, 0.4) is 0 Å². The smallest absolute Gasteiger partial charge is 0.328 e. The van der Waals surface area contributed by atoms with E-state index in [2.05, 4.69) is 4.85 Å². The molecule has 0 radical (unpaired) electrons. The second-order valence-corrected chi connectivity index (χ2v) is 3.06. The molecule has 0 spiro atoms. The number of hydrogen-bond acceptors (Lipinski definition) is 3. The first-order chi connectivity index (χ1) is 8.12. The van der Waals surface area contributed by atoms with Gasteiger partial charge < -0.3 is 14.6 Å². The van der Waals surface area contributed by atoms with Crippen molar-refractivity contribution in [3.05, 3.63) is 35.2 Å². The van der Waals surface area contributed by atoms with E-state index < -0.39 is 5.97 Å². The van der Waals surface area contributed by atoms with E-state index >= 15 is 0 Å². The van der Waals surface area contributed by atoms with Gasteiger partial charge in [-0.1, -0.05) is 0 Å². The Kier molecular flexibility index (Phi) is 4.12. The zero-order valence-electron chi connectivity index (χ0n) is 9.43. The molecule has 1 aromatic carbocycles. The molecule has 1 N–H and O–H groups in total. The van der Waals surface area contributed by atoms with Gasteiger partial charge in [-0.3, -0.25) is 0 Å². The van der Waals surface area contributed by atoms with Crippen LogP contribution in [0.25, 0.3) is 10.9 Å². The van der Waals surface area contributed by atoms with Crippen molar-refractivity contribution in [3.8, 4) is 11.5 Å². The van der Waals surface area contributed by atoms with Crippen molar-refractivity contribution < 1.29 is 19.4 Å². The van der Waals surface area contributed by atoms with Crippen LogP contribution in [0.15, 0.2) is 18.2 Å². The van der Waals surface area contributed by atoms with Crippen molar-refractivity contribution in [1.29, 1.82) is 0 Å². The fraction of sp³-hybridized carbons (Fsp3) is 0.167. The highest BCUT2D eigenvalue weighted by Gasteiger charge is 2.11. The summed E-state index contributed by atoms with van der Waals surface area (Å²) in [6.45, 7) is 7.03. The number of rotatable bonds is 4. The summed E-state index contributed by atoms with van der Waals surface area (Å²) >= 11 is 0. The summed E-state index contributed by atoms with van der Waals surface area (Å²) in [4.78, 5) is 13.7. The number of carboxylic acids is 1. The van der Waals surface area contributed by atoms with Crippen molar-refractivity contribution in [2.75, 3.05) is 14.2 Å². The lowest BCUT2D eigenvalue weighted by molar-refractivity contribution is -0.131. The number of methoxy groups -OCH3 is 2. The van der Waals surface area contributed by atoms with E-state index in [0.717, 1.165) is 6.08 Å². The van der Waals surface area contributed by atoms with Gasteiger partial charge in [0.25, 0.3) is 5.69 Å². The lowest BCUT2D eigenvalue weighted by Crippen LogP contribution is -1.90. The number of nitrogens with zero attached hydrogens (tertiary/aromatic N) is 1. The van der Waals surface area contributed by atoms with Crippen molar-refractivity contribution >= 4 is 17.7 Å². The lowest BCUT2D eigenvalue weighted by atomic mass is 10.1. The average molecular weight is 232 g/mol. The van der Waals surface area contributed by atoms with Crippen LogP contribution in [-0.4, -0.2) is 25.3 Å². The maximum atomic E-state index is 10.4. The minimum absolute atomic E-state index is 0.266. The van der Waals surface area contributed by atoms with Crippen LogP contribution >= 0.6 is 0 Å². The van der Waals surface area contributed by atoms with Crippen molar-refractivity contribution in [2.45, 2.75) is 0 Å². The molecule has 88 valence electrons. The number of carboxylic acid groups (broad SMARTS) is 1. The van der Waals surface area contributed by atoms with Gasteiger partial charge in [0, 0.05) is 6.08 Å². The summed E-state index contributed by atoms with van der Waals surface area (Å²) in [6, 6.07) is 3.16. The molecule has 0 atom stereocenters. The van der Waals surface area contributed by atoms with E-state index in [1.807, 2.05) is 0 Å². The standard InChI is InChI=1S/C12H11NO4/c1-13-12-9(16-2)6-8(4-5-11(14)15)7-10(12)17-3/h4-7H,2-3H3,(H,14,15)/b5-4+/i1-1. The molecule has 0 aliphatic carbocycles. The molecule has 17 heavy (non-hydrogen) atoms. The van der Waals surface area contributed by atoms with Crippen LogP contribution in [0.2, 0.25) is 0 Å². The molecule has 0 saturated heterocycles. The van der Waals surface area contributed by atoms with Gasteiger partial charge >= 0.3 is 5.97 Å². The number of benzene rings is 1. The minimum Gasteiger partial charge on any atom is -0.508 e. The molecular formula is C12H11NO4.